The summed E-state index contributed by atoms with van der Waals surface area (Å²) >= 11 is 0.862. The predicted octanol–water partition coefficient (Wildman–Crippen LogP) is 4.13. The SMILES string of the molecule is O=C1CS/C(=N\S(=O)(=O)c2ccc(-n3c(C(F)(F)F)nnc3C(F)(F)F)cc2)N1c1ccccc1. The summed E-state index contributed by atoms with van der Waals surface area (Å²) in [6.07, 6.45) is -10.5. The van der Waals surface area contributed by atoms with Gasteiger partial charge in [0.2, 0.25) is 17.6 Å². The molecule has 1 fully saturated rings. The van der Waals surface area contributed by atoms with Crippen molar-refractivity contribution in [2.45, 2.75) is 17.2 Å². The van der Waals surface area contributed by atoms with E-state index in [-0.39, 0.29) is 15.5 Å². The molecule has 2 heterocycles. The first-order valence-electron chi connectivity index (χ1n) is 9.35. The van der Waals surface area contributed by atoms with E-state index >= 15 is 0 Å². The maximum Gasteiger partial charge on any atom is 0.452 e. The molecule has 1 aromatic heterocycles. The number of thioether (sulfide) groups is 1. The number of carbonyl (C=O) groups excluding carboxylic acids is 1. The minimum Gasteiger partial charge on any atom is -0.273 e. The Morgan fingerprint density at radius 3 is 1.89 bits per heavy atom. The summed E-state index contributed by atoms with van der Waals surface area (Å²) in [7, 11) is -4.48. The molecule has 8 nitrogen and oxygen atoms in total. The summed E-state index contributed by atoms with van der Waals surface area (Å²) in [5.74, 6) is -4.35. The van der Waals surface area contributed by atoms with Crippen molar-refractivity contribution < 1.29 is 39.6 Å². The number of nitrogens with zero attached hydrogens (tertiary/aromatic N) is 5. The van der Waals surface area contributed by atoms with Crippen LogP contribution in [0.2, 0.25) is 0 Å². The van der Waals surface area contributed by atoms with Crippen LogP contribution in [0, 0.1) is 0 Å². The summed E-state index contributed by atoms with van der Waals surface area (Å²) < 4.78 is 108. The van der Waals surface area contributed by atoms with Gasteiger partial charge in [0.15, 0.2) is 5.17 Å². The second-order valence-electron chi connectivity index (χ2n) is 6.87. The first-order valence-corrected chi connectivity index (χ1v) is 11.8. The van der Waals surface area contributed by atoms with E-state index in [9.17, 15) is 39.6 Å². The average Bonchev–Trinajstić information content (AvgIpc) is 3.38. The molecule has 0 radical (unpaired) electrons. The molecule has 0 saturated carbocycles. The third-order valence-electron chi connectivity index (χ3n) is 4.54. The predicted molar refractivity (Wildman–Crippen MR) is 112 cm³/mol. The average molecular weight is 535 g/mol. The zero-order valence-corrected chi connectivity index (χ0v) is 18.6. The van der Waals surface area contributed by atoms with Gasteiger partial charge >= 0.3 is 12.4 Å². The topological polar surface area (TPSA) is 97.5 Å². The van der Waals surface area contributed by atoms with Crippen LogP contribution >= 0.6 is 11.8 Å². The minimum atomic E-state index is -5.26. The lowest BCUT2D eigenvalue weighted by molar-refractivity contribution is -0.153. The number of amidine groups is 1. The molecular weight excluding hydrogens is 524 g/mol. The van der Waals surface area contributed by atoms with Crippen molar-refractivity contribution in [1.82, 2.24) is 14.8 Å². The number of alkyl halides is 6. The number of hydrogen-bond donors (Lipinski definition) is 0. The monoisotopic (exact) mass is 535 g/mol. The summed E-state index contributed by atoms with van der Waals surface area (Å²) in [4.78, 5) is 12.8. The van der Waals surface area contributed by atoms with E-state index in [0.717, 1.165) is 40.9 Å². The Hall–Kier alpha value is -3.40. The van der Waals surface area contributed by atoms with Crippen molar-refractivity contribution in [3.05, 3.63) is 66.2 Å². The Morgan fingerprint density at radius 1 is 0.829 bits per heavy atom. The van der Waals surface area contributed by atoms with E-state index in [2.05, 4.69) is 14.6 Å². The molecule has 3 aromatic rings. The van der Waals surface area contributed by atoms with Crippen LogP contribution in [0.1, 0.15) is 11.6 Å². The quantitative estimate of drug-likeness (QED) is 0.466. The Bertz CT molecular complexity index is 1370. The highest BCUT2D eigenvalue weighted by atomic mass is 32.2. The van der Waals surface area contributed by atoms with Gasteiger partial charge in [0, 0.05) is 5.69 Å². The summed E-state index contributed by atoms with van der Waals surface area (Å²) in [5, 5.41) is 5.05. The van der Waals surface area contributed by atoms with E-state index < -0.39 is 50.5 Å². The van der Waals surface area contributed by atoms with Crippen LogP contribution < -0.4 is 4.90 Å². The normalized spacial score (nSPS) is 16.3. The highest BCUT2D eigenvalue weighted by Crippen LogP contribution is 2.36. The highest BCUT2D eigenvalue weighted by molar-refractivity contribution is 8.16. The van der Waals surface area contributed by atoms with Gasteiger partial charge in [0.1, 0.15) is 0 Å². The van der Waals surface area contributed by atoms with Crippen molar-refractivity contribution in [3.63, 3.8) is 0 Å². The molecule has 0 unspecified atom stereocenters. The second kappa shape index (κ2) is 8.67. The van der Waals surface area contributed by atoms with Crippen LogP contribution in [0.5, 0.6) is 0 Å². The fourth-order valence-electron chi connectivity index (χ4n) is 3.08. The van der Waals surface area contributed by atoms with E-state index in [4.69, 9.17) is 0 Å². The van der Waals surface area contributed by atoms with E-state index in [1.54, 1.807) is 30.3 Å². The number of para-hydroxylation sites is 1. The van der Waals surface area contributed by atoms with Gasteiger partial charge < -0.3 is 0 Å². The standard InChI is InChI=1S/C19H11F6N5O3S2/c20-18(21,22)15-26-27-16(19(23,24)25)30(15)12-6-8-13(9-7-12)35(32,33)28-17-29(14(31)10-34-17)11-4-2-1-3-5-11/h1-9H,10H2/b28-17-. The van der Waals surface area contributed by atoms with Crippen LogP contribution in [0.15, 0.2) is 63.9 Å². The molecule has 2 aromatic carbocycles. The second-order valence-corrected chi connectivity index (χ2v) is 9.42. The number of halogens is 6. The number of benzene rings is 2. The number of amides is 1. The highest BCUT2D eigenvalue weighted by Gasteiger charge is 2.45. The molecule has 0 N–H and O–H groups in total. The first-order chi connectivity index (χ1) is 16.3. The van der Waals surface area contributed by atoms with E-state index in [1.165, 1.54) is 0 Å². The molecule has 16 heteroatoms. The van der Waals surface area contributed by atoms with Crippen molar-refractivity contribution >= 4 is 38.5 Å². The molecule has 1 aliphatic rings. The van der Waals surface area contributed by atoms with Crippen LogP contribution in [0.25, 0.3) is 5.69 Å². The van der Waals surface area contributed by atoms with Crippen LogP contribution in [0.3, 0.4) is 0 Å². The van der Waals surface area contributed by atoms with Gasteiger partial charge in [0.25, 0.3) is 10.0 Å². The van der Waals surface area contributed by atoms with Crippen molar-refractivity contribution in [3.8, 4) is 5.69 Å². The lowest BCUT2D eigenvalue weighted by Gasteiger charge is -2.16. The van der Waals surface area contributed by atoms with Crippen molar-refractivity contribution in [2.24, 2.45) is 4.40 Å². The number of anilines is 1. The molecule has 0 spiro atoms. The Balaban J connectivity index is 1.72. The Labute approximate surface area is 197 Å². The van der Waals surface area contributed by atoms with Crippen molar-refractivity contribution in [1.29, 1.82) is 0 Å². The van der Waals surface area contributed by atoms with Gasteiger partial charge in [0.05, 0.1) is 16.3 Å². The molecule has 0 aliphatic carbocycles. The smallest absolute Gasteiger partial charge is 0.273 e. The number of sulfonamides is 1. The van der Waals surface area contributed by atoms with E-state index in [1.807, 2.05) is 0 Å². The zero-order chi connectivity index (χ0) is 25.6. The summed E-state index contributed by atoms with van der Waals surface area (Å²) in [6, 6.07) is 11.2. The number of aromatic nitrogens is 3. The molecule has 0 atom stereocenters. The molecule has 35 heavy (non-hydrogen) atoms. The molecule has 1 amide bonds. The van der Waals surface area contributed by atoms with E-state index in [0.29, 0.717) is 5.69 Å². The largest absolute Gasteiger partial charge is 0.452 e. The zero-order valence-electron chi connectivity index (χ0n) is 16.9. The lowest BCUT2D eigenvalue weighted by Crippen LogP contribution is -2.29. The molecular formula is C19H11F6N5O3S2. The van der Waals surface area contributed by atoms with Crippen LogP contribution in [-0.4, -0.2) is 40.0 Å². The Morgan fingerprint density at radius 2 is 1.37 bits per heavy atom. The van der Waals surface area contributed by atoms with Gasteiger partial charge in [-0.2, -0.15) is 34.8 Å². The van der Waals surface area contributed by atoms with Gasteiger partial charge in [-0.15, -0.1) is 14.6 Å². The van der Waals surface area contributed by atoms with Gasteiger partial charge in [-0.1, -0.05) is 30.0 Å². The maximum atomic E-state index is 13.2. The van der Waals surface area contributed by atoms with Crippen molar-refractivity contribution in [2.75, 3.05) is 10.7 Å². The fraction of sp³-hybridized carbons (Fsp3) is 0.158. The third-order valence-corrected chi connectivity index (χ3v) is 6.86. The van der Waals surface area contributed by atoms with Gasteiger partial charge in [-0.25, -0.2) is 0 Å². The Kier molecular flexibility index (Phi) is 6.12. The molecule has 1 aliphatic heterocycles. The number of hydrogen-bond acceptors (Lipinski definition) is 6. The number of carbonyl (C=O) groups is 1. The molecule has 0 bridgehead atoms. The summed E-state index contributed by atoms with van der Waals surface area (Å²) in [5.41, 5.74) is -0.295. The molecule has 1 saturated heterocycles. The first kappa shape index (κ1) is 24.7. The lowest BCUT2D eigenvalue weighted by atomic mass is 10.3. The summed E-state index contributed by atoms with van der Waals surface area (Å²) in [6.45, 7) is 0. The van der Waals surface area contributed by atoms with Crippen LogP contribution in [0.4, 0.5) is 32.0 Å². The third kappa shape index (κ3) is 4.88. The minimum absolute atomic E-state index is 0.0732. The molecule has 4 rings (SSSR count). The van der Waals surface area contributed by atoms with Gasteiger partial charge in [-0.05, 0) is 36.4 Å². The van der Waals surface area contributed by atoms with Gasteiger partial charge in [-0.3, -0.25) is 14.3 Å². The van der Waals surface area contributed by atoms with Crippen LogP contribution in [-0.2, 0) is 27.2 Å². The number of rotatable bonds is 4. The fourth-order valence-corrected chi connectivity index (χ4v) is 5.18. The molecule has 184 valence electrons. The maximum absolute atomic E-state index is 13.2.